The molecule has 0 radical (unpaired) electrons. The van der Waals surface area contributed by atoms with Crippen LogP contribution in [-0.4, -0.2) is 32.3 Å². The van der Waals surface area contributed by atoms with Crippen molar-refractivity contribution in [2.24, 2.45) is 0 Å². The van der Waals surface area contributed by atoms with E-state index in [0.29, 0.717) is 22.3 Å². The van der Waals surface area contributed by atoms with Crippen molar-refractivity contribution in [2.75, 3.05) is 11.1 Å². The number of anilines is 1. The van der Waals surface area contributed by atoms with Crippen molar-refractivity contribution in [1.29, 1.82) is 0 Å². The van der Waals surface area contributed by atoms with Crippen LogP contribution in [0.4, 0.5) is 5.69 Å². The Kier molecular flexibility index (Phi) is 7.13. The van der Waals surface area contributed by atoms with Crippen LogP contribution in [0.1, 0.15) is 53.5 Å². The molecular formula is C28H27N5O2S. The second-order valence-electron chi connectivity index (χ2n) is 8.77. The number of nitrogens with zero attached hydrogens (tertiary/aromatic N) is 3. The summed E-state index contributed by atoms with van der Waals surface area (Å²) in [5.74, 6) is 1.05. The van der Waals surface area contributed by atoms with E-state index in [1.54, 1.807) is 24.3 Å². The lowest BCUT2D eigenvalue weighted by Crippen LogP contribution is -2.28. The molecule has 36 heavy (non-hydrogen) atoms. The zero-order valence-corrected chi connectivity index (χ0v) is 20.7. The molecule has 0 bridgehead atoms. The van der Waals surface area contributed by atoms with Crippen molar-refractivity contribution < 1.29 is 9.59 Å². The summed E-state index contributed by atoms with van der Waals surface area (Å²) in [6, 6.07) is 26.6. The van der Waals surface area contributed by atoms with Gasteiger partial charge >= 0.3 is 0 Å². The average Bonchev–Trinajstić information content (AvgIpc) is 3.67. The van der Waals surface area contributed by atoms with Crippen LogP contribution in [0, 0.1) is 0 Å². The molecule has 0 saturated heterocycles. The molecule has 0 spiro atoms. The van der Waals surface area contributed by atoms with Crippen LogP contribution < -0.4 is 10.6 Å². The summed E-state index contributed by atoms with van der Waals surface area (Å²) in [7, 11) is 0. The van der Waals surface area contributed by atoms with E-state index in [1.165, 1.54) is 11.8 Å². The van der Waals surface area contributed by atoms with Gasteiger partial charge in [-0.25, -0.2) is 0 Å². The Bertz CT molecular complexity index is 1350. The van der Waals surface area contributed by atoms with Crippen molar-refractivity contribution in [1.82, 2.24) is 20.1 Å². The monoisotopic (exact) mass is 497 g/mol. The van der Waals surface area contributed by atoms with Crippen molar-refractivity contribution >= 4 is 29.3 Å². The molecule has 1 aliphatic carbocycles. The van der Waals surface area contributed by atoms with Gasteiger partial charge in [0.1, 0.15) is 5.82 Å². The fourth-order valence-electron chi connectivity index (χ4n) is 4.01. The molecule has 1 saturated carbocycles. The highest BCUT2D eigenvalue weighted by atomic mass is 32.2. The molecule has 1 aliphatic rings. The van der Waals surface area contributed by atoms with Crippen molar-refractivity contribution in [2.45, 2.75) is 36.9 Å². The van der Waals surface area contributed by atoms with Gasteiger partial charge in [-0.15, -0.1) is 10.2 Å². The molecule has 2 amide bonds. The first-order valence-corrected chi connectivity index (χ1v) is 13.0. The normalized spacial score (nSPS) is 13.7. The Hall–Kier alpha value is -3.91. The summed E-state index contributed by atoms with van der Waals surface area (Å²) in [6.07, 6.45) is 2.22. The van der Waals surface area contributed by atoms with Gasteiger partial charge in [0.25, 0.3) is 5.91 Å². The Morgan fingerprint density at radius 3 is 2.33 bits per heavy atom. The standard InChI is InChI=1S/C28H27N5O2S/c1-19(20-10-4-2-5-11-20)29-27(35)23-14-8-9-15-24(23)30-25(34)18-36-28-32-31-26(21-16-17-21)33(28)22-12-6-3-7-13-22/h2-15,19,21H,16-18H2,1H3,(H,29,35)(H,30,34). The van der Waals surface area contributed by atoms with Gasteiger partial charge in [-0.1, -0.05) is 72.4 Å². The third kappa shape index (κ3) is 5.49. The summed E-state index contributed by atoms with van der Waals surface area (Å²) < 4.78 is 2.04. The van der Waals surface area contributed by atoms with E-state index in [2.05, 4.69) is 20.8 Å². The van der Waals surface area contributed by atoms with Gasteiger partial charge in [-0.2, -0.15) is 0 Å². The minimum atomic E-state index is -0.243. The number of thioether (sulfide) groups is 1. The summed E-state index contributed by atoms with van der Waals surface area (Å²) >= 11 is 1.33. The minimum absolute atomic E-state index is 0.145. The molecule has 8 heteroatoms. The van der Waals surface area contributed by atoms with Gasteiger partial charge in [0.15, 0.2) is 5.16 Å². The first-order chi connectivity index (χ1) is 17.6. The summed E-state index contributed by atoms with van der Waals surface area (Å²) in [6.45, 7) is 1.93. The number of hydrogen-bond donors (Lipinski definition) is 2. The third-order valence-corrected chi connectivity index (χ3v) is 6.97. The third-order valence-electron chi connectivity index (χ3n) is 6.04. The predicted octanol–water partition coefficient (Wildman–Crippen LogP) is 5.37. The fourth-order valence-corrected chi connectivity index (χ4v) is 4.77. The molecule has 1 aromatic heterocycles. The quantitative estimate of drug-likeness (QED) is 0.304. The highest BCUT2D eigenvalue weighted by molar-refractivity contribution is 7.99. The molecule has 4 aromatic rings. The first kappa shape index (κ1) is 23.8. The number of nitrogens with one attached hydrogen (secondary N) is 2. The highest BCUT2D eigenvalue weighted by Crippen LogP contribution is 2.41. The van der Waals surface area contributed by atoms with Gasteiger partial charge in [-0.05, 0) is 49.6 Å². The van der Waals surface area contributed by atoms with Crippen LogP contribution >= 0.6 is 11.8 Å². The predicted molar refractivity (Wildman–Crippen MR) is 141 cm³/mol. The molecule has 182 valence electrons. The number of hydrogen-bond acceptors (Lipinski definition) is 5. The van der Waals surface area contributed by atoms with Crippen LogP contribution in [0.2, 0.25) is 0 Å². The molecule has 1 heterocycles. The fraction of sp³-hybridized carbons (Fsp3) is 0.214. The van der Waals surface area contributed by atoms with Gasteiger partial charge in [0.05, 0.1) is 23.0 Å². The van der Waals surface area contributed by atoms with Gasteiger partial charge in [-0.3, -0.25) is 14.2 Å². The Morgan fingerprint density at radius 1 is 0.944 bits per heavy atom. The van der Waals surface area contributed by atoms with Crippen molar-refractivity contribution in [3.63, 3.8) is 0 Å². The van der Waals surface area contributed by atoms with Crippen LogP contribution in [0.25, 0.3) is 5.69 Å². The molecular weight excluding hydrogens is 470 g/mol. The molecule has 0 aliphatic heterocycles. The average molecular weight is 498 g/mol. The molecule has 1 fully saturated rings. The van der Waals surface area contributed by atoms with Crippen molar-refractivity contribution in [3.8, 4) is 5.69 Å². The summed E-state index contributed by atoms with van der Waals surface area (Å²) in [5.41, 5.74) is 2.89. The van der Waals surface area contributed by atoms with E-state index in [4.69, 9.17) is 0 Å². The molecule has 1 unspecified atom stereocenters. The van der Waals surface area contributed by atoms with Gasteiger partial charge in [0.2, 0.25) is 5.91 Å². The number of carbonyl (C=O) groups is 2. The smallest absolute Gasteiger partial charge is 0.253 e. The van der Waals surface area contributed by atoms with E-state index < -0.39 is 0 Å². The number of aromatic nitrogens is 3. The molecule has 7 nitrogen and oxygen atoms in total. The first-order valence-electron chi connectivity index (χ1n) is 12.0. The number of benzene rings is 3. The van der Waals surface area contributed by atoms with Crippen LogP contribution in [-0.2, 0) is 4.79 Å². The number of para-hydroxylation sites is 2. The van der Waals surface area contributed by atoms with E-state index >= 15 is 0 Å². The van der Waals surface area contributed by atoms with E-state index in [1.807, 2.05) is 72.2 Å². The zero-order valence-electron chi connectivity index (χ0n) is 19.9. The zero-order chi connectivity index (χ0) is 24.9. The van der Waals surface area contributed by atoms with Crippen molar-refractivity contribution in [3.05, 3.63) is 102 Å². The Balaban J connectivity index is 1.26. The van der Waals surface area contributed by atoms with E-state index in [0.717, 1.165) is 29.9 Å². The molecule has 1 atom stereocenters. The van der Waals surface area contributed by atoms with Crippen LogP contribution in [0.3, 0.4) is 0 Å². The largest absolute Gasteiger partial charge is 0.345 e. The molecule has 2 N–H and O–H groups in total. The maximum absolute atomic E-state index is 13.0. The lowest BCUT2D eigenvalue weighted by atomic mass is 10.1. The second-order valence-corrected chi connectivity index (χ2v) is 9.72. The van der Waals surface area contributed by atoms with Gasteiger partial charge < -0.3 is 10.6 Å². The minimum Gasteiger partial charge on any atom is -0.345 e. The second kappa shape index (κ2) is 10.8. The van der Waals surface area contributed by atoms with E-state index in [-0.39, 0.29) is 23.6 Å². The van der Waals surface area contributed by atoms with Crippen LogP contribution in [0.15, 0.2) is 90.1 Å². The topological polar surface area (TPSA) is 88.9 Å². The SMILES string of the molecule is CC(NC(=O)c1ccccc1NC(=O)CSc1nnc(C2CC2)n1-c1ccccc1)c1ccccc1. The molecule has 5 rings (SSSR count). The number of rotatable bonds is 9. The Labute approximate surface area is 214 Å². The summed E-state index contributed by atoms with van der Waals surface area (Å²) in [4.78, 5) is 25.9. The maximum Gasteiger partial charge on any atom is 0.253 e. The molecule has 3 aromatic carbocycles. The maximum atomic E-state index is 13.0. The Morgan fingerprint density at radius 2 is 1.61 bits per heavy atom. The van der Waals surface area contributed by atoms with Gasteiger partial charge in [0, 0.05) is 11.6 Å². The summed E-state index contributed by atoms with van der Waals surface area (Å²) in [5, 5.41) is 15.4. The van der Waals surface area contributed by atoms with Crippen LogP contribution in [0.5, 0.6) is 0 Å². The number of carbonyl (C=O) groups excluding carboxylic acids is 2. The number of amides is 2. The highest BCUT2D eigenvalue weighted by Gasteiger charge is 2.31. The lowest BCUT2D eigenvalue weighted by Gasteiger charge is -2.16. The van der Waals surface area contributed by atoms with E-state index in [9.17, 15) is 9.59 Å². The lowest BCUT2D eigenvalue weighted by molar-refractivity contribution is -0.113.